The van der Waals surface area contributed by atoms with Crippen LogP contribution in [0.15, 0.2) is 0 Å². The number of hydrogen-bond acceptors (Lipinski definition) is 2. The van der Waals surface area contributed by atoms with Crippen molar-refractivity contribution in [1.29, 1.82) is 0 Å². The predicted octanol–water partition coefficient (Wildman–Crippen LogP) is 2.95. The molecule has 0 rings (SSSR count). The second-order valence-electron chi connectivity index (χ2n) is 5.03. The summed E-state index contributed by atoms with van der Waals surface area (Å²) in [5, 5.41) is 2.70. The number of rotatable bonds is 6. The van der Waals surface area contributed by atoms with Crippen molar-refractivity contribution in [1.82, 2.24) is 5.32 Å². The maximum atomic E-state index is 11.1. The number of carbonyl (C=O) groups excluding carboxylic acids is 1. The van der Waals surface area contributed by atoms with Crippen LogP contribution in [0, 0.1) is 17.8 Å². The van der Waals surface area contributed by atoms with Crippen LogP contribution < -0.4 is 5.32 Å². The van der Waals surface area contributed by atoms with E-state index in [0.717, 1.165) is 12.8 Å². The highest BCUT2D eigenvalue weighted by molar-refractivity contribution is 5.66. The van der Waals surface area contributed by atoms with Gasteiger partial charge in [-0.25, -0.2) is 4.79 Å². The van der Waals surface area contributed by atoms with Gasteiger partial charge >= 0.3 is 6.09 Å². The number of hydrogen-bond donors (Lipinski definition) is 1. The first-order valence-corrected chi connectivity index (χ1v) is 5.80. The number of terminal acetylenes is 1. The summed E-state index contributed by atoms with van der Waals surface area (Å²) in [4.78, 5) is 11.1. The maximum absolute atomic E-state index is 11.1. The van der Waals surface area contributed by atoms with Crippen LogP contribution in [-0.2, 0) is 4.74 Å². The van der Waals surface area contributed by atoms with Gasteiger partial charge in [0.15, 0.2) is 0 Å². The molecule has 0 unspecified atom stereocenters. The van der Waals surface area contributed by atoms with Crippen LogP contribution in [0.3, 0.4) is 0 Å². The van der Waals surface area contributed by atoms with E-state index in [9.17, 15) is 4.79 Å². The van der Waals surface area contributed by atoms with Gasteiger partial charge in [0.25, 0.3) is 0 Å². The van der Waals surface area contributed by atoms with Gasteiger partial charge in [0.1, 0.15) is 6.61 Å². The fraction of sp³-hybridized carbons (Fsp3) is 0.769. The zero-order valence-corrected chi connectivity index (χ0v) is 10.6. The Hall–Kier alpha value is -1.17. The van der Waals surface area contributed by atoms with Crippen molar-refractivity contribution >= 4 is 6.09 Å². The molecule has 16 heavy (non-hydrogen) atoms. The third kappa shape index (κ3) is 10.9. The van der Waals surface area contributed by atoms with Crippen LogP contribution >= 0.6 is 0 Å². The molecule has 1 N–H and O–H groups in total. The van der Waals surface area contributed by atoms with Crippen LogP contribution in [0.5, 0.6) is 0 Å². The first-order chi connectivity index (χ1) is 7.45. The van der Waals surface area contributed by atoms with E-state index in [1.807, 2.05) is 0 Å². The molecule has 0 spiro atoms. The van der Waals surface area contributed by atoms with Crippen LogP contribution in [-0.4, -0.2) is 19.2 Å². The number of carbonyl (C=O) groups is 1. The Morgan fingerprint density at radius 1 is 1.38 bits per heavy atom. The average Bonchev–Trinajstić information content (AvgIpc) is 2.16. The summed E-state index contributed by atoms with van der Waals surface area (Å²) in [6.07, 6.45) is 8.41. The van der Waals surface area contributed by atoms with E-state index >= 15 is 0 Å². The Balaban J connectivity index is 3.32. The topological polar surface area (TPSA) is 38.3 Å². The summed E-state index contributed by atoms with van der Waals surface area (Å²) in [6, 6.07) is 0. The van der Waals surface area contributed by atoms with Crippen LogP contribution in [0.4, 0.5) is 4.79 Å². The molecule has 0 aliphatic rings. The van der Waals surface area contributed by atoms with Crippen molar-refractivity contribution in [3.05, 3.63) is 0 Å². The molecule has 0 aromatic rings. The van der Waals surface area contributed by atoms with E-state index in [4.69, 9.17) is 11.2 Å². The normalized spacial score (nSPS) is 10.6. The Morgan fingerprint density at radius 2 is 2.06 bits per heavy atom. The fourth-order valence-corrected chi connectivity index (χ4v) is 1.22. The third-order valence-corrected chi connectivity index (χ3v) is 2.10. The quantitative estimate of drug-likeness (QED) is 0.557. The summed E-state index contributed by atoms with van der Waals surface area (Å²) in [5.74, 6) is 2.41. The summed E-state index contributed by atoms with van der Waals surface area (Å²) >= 11 is 0. The standard InChI is InChI=1S/C13H23NO2/c1-5-6-11-16-12(15)14-10-8-7-9-13(2,3)4/h1H,6-11H2,2-4H3,(H,14,15). The lowest BCUT2D eigenvalue weighted by Gasteiger charge is -2.17. The van der Waals surface area contributed by atoms with Gasteiger partial charge in [-0.15, -0.1) is 12.3 Å². The smallest absolute Gasteiger partial charge is 0.407 e. The van der Waals surface area contributed by atoms with Crippen LogP contribution in [0.2, 0.25) is 0 Å². The minimum absolute atomic E-state index is 0.296. The Bertz CT molecular complexity index is 235. The molecule has 0 saturated carbocycles. The van der Waals surface area contributed by atoms with Gasteiger partial charge in [0.2, 0.25) is 0 Å². The molecule has 0 aromatic carbocycles. The van der Waals surface area contributed by atoms with Gasteiger partial charge in [-0.1, -0.05) is 27.2 Å². The number of amides is 1. The molecule has 0 aromatic heterocycles. The van der Waals surface area contributed by atoms with Gasteiger partial charge in [-0.3, -0.25) is 0 Å². The highest BCUT2D eigenvalue weighted by Crippen LogP contribution is 2.21. The molecular weight excluding hydrogens is 202 g/mol. The monoisotopic (exact) mass is 225 g/mol. The molecule has 0 radical (unpaired) electrons. The Kier molecular flexibility index (Phi) is 7.45. The Labute approximate surface area is 98.9 Å². The molecule has 92 valence electrons. The second-order valence-corrected chi connectivity index (χ2v) is 5.03. The predicted molar refractivity (Wildman–Crippen MR) is 66.1 cm³/mol. The molecular formula is C13H23NO2. The van der Waals surface area contributed by atoms with Gasteiger partial charge in [-0.2, -0.15) is 0 Å². The largest absolute Gasteiger partial charge is 0.449 e. The lowest BCUT2D eigenvalue weighted by molar-refractivity contribution is 0.148. The number of ether oxygens (including phenoxy) is 1. The van der Waals surface area contributed by atoms with E-state index in [0.29, 0.717) is 25.0 Å². The molecule has 0 saturated heterocycles. The van der Waals surface area contributed by atoms with Gasteiger partial charge in [0, 0.05) is 13.0 Å². The molecule has 0 aliphatic carbocycles. The maximum Gasteiger partial charge on any atom is 0.407 e. The Morgan fingerprint density at radius 3 is 2.62 bits per heavy atom. The fourth-order valence-electron chi connectivity index (χ4n) is 1.22. The summed E-state index contributed by atoms with van der Waals surface area (Å²) in [7, 11) is 0. The highest BCUT2D eigenvalue weighted by atomic mass is 16.5. The average molecular weight is 225 g/mol. The van der Waals surface area contributed by atoms with Gasteiger partial charge < -0.3 is 10.1 Å². The molecule has 3 nitrogen and oxygen atoms in total. The first-order valence-electron chi connectivity index (χ1n) is 5.80. The molecule has 3 heteroatoms. The van der Waals surface area contributed by atoms with Gasteiger partial charge in [0.05, 0.1) is 0 Å². The molecule has 0 aliphatic heterocycles. The van der Waals surface area contributed by atoms with Crippen molar-refractivity contribution in [2.45, 2.75) is 46.5 Å². The second kappa shape index (κ2) is 8.04. The van der Waals surface area contributed by atoms with E-state index in [1.165, 1.54) is 6.42 Å². The van der Waals surface area contributed by atoms with E-state index in [2.05, 4.69) is 32.0 Å². The summed E-state index contributed by atoms with van der Waals surface area (Å²) in [5.41, 5.74) is 0.368. The zero-order valence-electron chi connectivity index (χ0n) is 10.6. The SMILES string of the molecule is C#CCCOC(=O)NCCCCC(C)(C)C. The zero-order chi connectivity index (χ0) is 12.4. The minimum Gasteiger partial charge on any atom is -0.449 e. The van der Waals surface area contributed by atoms with E-state index in [1.54, 1.807) is 0 Å². The molecule has 0 bridgehead atoms. The lowest BCUT2D eigenvalue weighted by atomic mass is 9.90. The van der Waals surface area contributed by atoms with Crippen LogP contribution in [0.1, 0.15) is 46.5 Å². The van der Waals surface area contributed by atoms with Gasteiger partial charge in [-0.05, 0) is 18.3 Å². The molecule has 0 fully saturated rings. The van der Waals surface area contributed by atoms with Crippen molar-refractivity contribution in [3.8, 4) is 12.3 Å². The molecule has 0 heterocycles. The number of alkyl carbamates (subject to hydrolysis) is 1. The molecule has 0 atom stereocenters. The van der Waals surface area contributed by atoms with Crippen molar-refractivity contribution < 1.29 is 9.53 Å². The highest BCUT2D eigenvalue weighted by Gasteiger charge is 2.09. The van der Waals surface area contributed by atoms with E-state index in [-0.39, 0.29) is 6.09 Å². The third-order valence-electron chi connectivity index (χ3n) is 2.10. The van der Waals surface area contributed by atoms with Crippen LogP contribution in [0.25, 0.3) is 0 Å². The molecule has 1 amide bonds. The summed E-state index contributed by atoms with van der Waals surface area (Å²) < 4.78 is 4.84. The lowest BCUT2D eigenvalue weighted by Crippen LogP contribution is -2.25. The van der Waals surface area contributed by atoms with Crippen molar-refractivity contribution in [2.24, 2.45) is 5.41 Å². The minimum atomic E-state index is -0.369. The first kappa shape index (κ1) is 14.8. The van der Waals surface area contributed by atoms with Crippen molar-refractivity contribution in [3.63, 3.8) is 0 Å². The van der Waals surface area contributed by atoms with Crippen molar-refractivity contribution in [2.75, 3.05) is 13.2 Å². The summed E-state index contributed by atoms with van der Waals surface area (Å²) in [6.45, 7) is 7.62. The van der Waals surface area contributed by atoms with E-state index < -0.39 is 0 Å². The number of nitrogens with one attached hydrogen (secondary N) is 1. The number of unbranched alkanes of at least 4 members (excludes halogenated alkanes) is 1.